The molecule has 2 N–H and O–H groups in total. The van der Waals surface area contributed by atoms with Crippen LogP contribution in [0.25, 0.3) is 10.8 Å². The number of carbonyl (C=O) groups is 2. The highest BCUT2D eigenvalue weighted by atomic mass is 16.5. The van der Waals surface area contributed by atoms with Gasteiger partial charge in [0.2, 0.25) is 5.88 Å². The topological polar surface area (TPSA) is 88.5 Å². The Hall–Kier alpha value is -3.41. The smallest absolute Gasteiger partial charge is 0.405 e. The number of nitrogens with zero attached hydrogens (tertiary/aromatic N) is 1. The van der Waals surface area contributed by atoms with Crippen molar-refractivity contribution in [1.29, 1.82) is 0 Å². The van der Waals surface area contributed by atoms with Crippen LogP contribution < -0.4 is 10.1 Å². The summed E-state index contributed by atoms with van der Waals surface area (Å²) in [7, 11) is 0. The van der Waals surface area contributed by atoms with Crippen LogP contribution in [0.3, 0.4) is 0 Å². The second kappa shape index (κ2) is 8.08. The number of rotatable bonds is 6. The minimum absolute atomic E-state index is 0.0952. The molecule has 0 fully saturated rings. The van der Waals surface area contributed by atoms with Crippen molar-refractivity contribution in [3.05, 3.63) is 70.9 Å². The zero-order valence-electron chi connectivity index (χ0n) is 16.0. The Morgan fingerprint density at radius 3 is 2.61 bits per heavy atom. The van der Waals surface area contributed by atoms with Gasteiger partial charge in [-0.15, -0.1) is 0 Å². The number of nitrogens with one attached hydrogen (secondary N) is 1. The molecule has 1 amide bonds. The van der Waals surface area contributed by atoms with Crippen molar-refractivity contribution in [3.8, 4) is 5.88 Å². The minimum Gasteiger partial charge on any atom is -0.478 e. The maximum Gasteiger partial charge on any atom is 0.405 e. The molecule has 1 heterocycles. The zero-order valence-corrected chi connectivity index (χ0v) is 16.0. The van der Waals surface area contributed by atoms with Crippen LogP contribution in [-0.2, 0) is 0 Å². The van der Waals surface area contributed by atoms with Crippen LogP contribution in [0.1, 0.15) is 46.9 Å². The number of ketones is 1. The summed E-state index contributed by atoms with van der Waals surface area (Å²) >= 11 is 0. The molecule has 0 saturated heterocycles. The second-order valence-electron chi connectivity index (χ2n) is 6.52. The molecule has 0 spiro atoms. The third-order valence-corrected chi connectivity index (χ3v) is 4.63. The van der Waals surface area contributed by atoms with Gasteiger partial charge in [-0.05, 0) is 49.4 Å². The van der Waals surface area contributed by atoms with Crippen molar-refractivity contribution in [2.45, 2.75) is 26.8 Å². The maximum absolute atomic E-state index is 13.2. The van der Waals surface area contributed by atoms with Gasteiger partial charge >= 0.3 is 6.09 Å². The lowest BCUT2D eigenvalue weighted by Gasteiger charge is -2.15. The first kappa shape index (κ1) is 19.4. The summed E-state index contributed by atoms with van der Waals surface area (Å²) in [6, 6.07) is 12.3. The Labute approximate surface area is 163 Å². The largest absolute Gasteiger partial charge is 0.478 e. The van der Waals surface area contributed by atoms with Gasteiger partial charge in [-0.3, -0.25) is 4.79 Å². The average molecular weight is 378 g/mol. The summed E-state index contributed by atoms with van der Waals surface area (Å²) in [6.45, 7) is 5.99. The molecule has 0 saturated carbocycles. The van der Waals surface area contributed by atoms with Crippen LogP contribution in [0.15, 0.2) is 48.7 Å². The number of hydrogen-bond acceptors (Lipinski definition) is 4. The first-order valence-corrected chi connectivity index (χ1v) is 9.07. The van der Waals surface area contributed by atoms with Gasteiger partial charge < -0.3 is 15.2 Å². The Kier molecular flexibility index (Phi) is 5.59. The molecular weight excluding hydrogens is 356 g/mol. The van der Waals surface area contributed by atoms with E-state index in [4.69, 9.17) is 9.84 Å². The van der Waals surface area contributed by atoms with E-state index < -0.39 is 6.09 Å². The number of amides is 1. The van der Waals surface area contributed by atoms with Gasteiger partial charge in [-0.2, -0.15) is 0 Å². The van der Waals surface area contributed by atoms with Crippen LogP contribution in [0, 0.1) is 6.92 Å². The van der Waals surface area contributed by atoms with E-state index in [1.54, 1.807) is 31.3 Å². The first-order valence-electron chi connectivity index (χ1n) is 9.07. The van der Waals surface area contributed by atoms with E-state index in [0.29, 0.717) is 23.6 Å². The third-order valence-electron chi connectivity index (χ3n) is 4.63. The van der Waals surface area contributed by atoms with Gasteiger partial charge in [-0.25, -0.2) is 9.78 Å². The molecule has 28 heavy (non-hydrogen) atoms. The summed E-state index contributed by atoms with van der Waals surface area (Å²) in [4.78, 5) is 28.3. The number of carboxylic acid groups (broad SMARTS) is 1. The molecule has 6 heteroatoms. The van der Waals surface area contributed by atoms with E-state index in [1.807, 2.05) is 38.1 Å². The van der Waals surface area contributed by atoms with Crippen molar-refractivity contribution < 1.29 is 19.4 Å². The number of benzene rings is 2. The highest BCUT2D eigenvalue weighted by molar-refractivity contribution is 6.17. The van der Waals surface area contributed by atoms with Gasteiger partial charge in [0.1, 0.15) is 0 Å². The van der Waals surface area contributed by atoms with Gasteiger partial charge in [0.25, 0.3) is 0 Å². The summed E-state index contributed by atoms with van der Waals surface area (Å²) in [5.41, 5.74) is 2.75. The first-order chi connectivity index (χ1) is 13.4. The van der Waals surface area contributed by atoms with E-state index in [2.05, 4.69) is 10.3 Å². The molecule has 0 aliphatic rings. The summed E-state index contributed by atoms with van der Waals surface area (Å²) in [5, 5.41) is 12.9. The fraction of sp³-hybridized carbons (Fsp3) is 0.227. The number of aryl methyl sites for hydroxylation is 1. The minimum atomic E-state index is -1.08. The van der Waals surface area contributed by atoms with Crippen molar-refractivity contribution in [1.82, 2.24) is 10.3 Å². The van der Waals surface area contributed by atoms with E-state index >= 15 is 0 Å². The van der Waals surface area contributed by atoms with Gasteiger partial charge in [0.15, 0.2) is 5.78 Å². The number of aromatic nitrogens is 1. The molecular formula is C22H22N2O4. The van der Waals surface area contributed by atoms with Crippen molar-refractivity contribution in [2.75, 3.05) is 6.61 Å². The van der Waals surface area contributed by atoms with Gasteiger partial charge in [0.05, 0.1) is 12.6 Å². The number of carbonyl (C=O) groups excluding carboxylic acids is 1. The SMILES string of the molecule is CCOc1nccc2c(C(=O)c3ccc([C@H](C)NC(=O)O)cc3C)cccc12. The molecule has 0 unspecified atom stereocenters. The molecule has 1 aromatic heterocycles. The molecule has 0 bridgehead atoms. The molecule has 1 atom stereocenters. The maximum atomic E-state index is 13.2. The number of fused-ring (bicyclic) bond motifs is 1. The van der Waals surface area contributed by atoms with Gasteiger partial charge in [0, 0.05) is 22.7 Å². The Bertz CT molecular complexity index is 1050. The number of pyridine rings is 1. The lowest BCUT2D eigenvalue weighted by Crippen LogP contribution is -2.24. The molecule has 3 aromatic rings. The molecule has 144 valence electrons. The molecule has 6 nitrogen and oxygen atoms in total. The fourth-order valence-corrected chi connectivity index (χ4v) is 3.25. The lowest BCUT2D eigenvalue weighted by molar-refractivity contribution is 0.103. The standard InChI is InChI=1S/C22H22N2O4/c1-4-28-21-19-7-5-6-18(17(19)10-11-23-21)20(25)16-9-8-15(12-13(16)2)14(3)24-22(26)27/h5-12,14,24H,4H2,1-3H3,(H,26,27)/t14-/m0/s1. The highest BCUT2D eigenvalue weighted by Gasteiger charge is 2.18. The highest BCUT2D eigenvalue weighted by Crippen LogP contribution is 2.28. The van der Waals surface area contributed by atoms with Crippen LogP contribution in [0.4, 0.5) is 4.79 Å². The van der Waals surface area contributed by atoms with Crippen LogP contribution in [0.2, 0.25) is 0 Å². The van der Waals surface area contributed by atoms with E-state index in [9.17, 15) is 9.59 Å². The second-order valence-corrected chi connectivity index (χ2v) is 6.52. The van der Waals surface area contributed by atoms with Crippen molar-refractivity contribution in [3.63, 3.8) is 0 Å². The van der Waals surface area contributed by atoms with Crippen LogP contribution in [-0.4, -0.2) is 28.6 Å². The number of hydrogen-bond donors (Lipinski definition) is 2. The van der Waals surface area contributed by atoms with E-state index in [1.165, 1.54) is 0 Å². The van der Waals surface area contributed by atoms with E-state index in [-0.39, 0.29) is 11.8 Å². The quantitative estimate of drug-likeness (QED) is 0.617. The van der Waals surface area contributed by atoms with Crippen molar-refractivity contribution in [2.24, 2.45) is 0 Å². The number of ether oxygens (including phenoxy) is 1. The van der Waals surface area contributed by atoms with Crippen LogP contribution in [0.5, 0.6) is 5.88 Å². The zero-order chi connectivity index (χ0) is 20.3. The van der Waals surface area contributed by atoms with Crippen molar-refractivity contribution >= 4 is 22.6 Å². The predicted molar refractivity (Wildman–Crippen MR) is 107 cm³/mol. The normalized spacial score (nSPS) is 11.8. The molecule has 0 aliphatic carbocycles. The summed E-state index contributed by atoms with van der Waals surface area (Å²) < 4.78 is 5.58. The Morgan fingerprint density at radius 2 is 1.93 bits per heavy atom. The summed E-state index contributed by atoms with van der Waals surface area (Å²) in [6.07, 6.45) is 0.555. The predicted octanol–water partition coefficient (Wildman–Crippen LogP) is 4.50. The molecule has 0 radical (unpaired) electrons. The lowest BCUT2D eigenvalue weighted by atomic mass is 9.93. The Morgan fingerprint density at radius 1 is 1.14 bits per heavy atom. The van der Waals surface area contributed by atoms with Crippen LogP contribution >= 0.6 is 0 Å². The monoisotopic (exact) mass is 378 g/mol. The fourth-order valence-electron chi connectivity index (χ4n) is 3.25. The van der Waals surface area contributed by atoms with E-state index in [0.717, 1.165) is 21.9 Å². The summed E-state index contributed by atoms with van der Waals surface area (Å²) in [5.74, 6) is 0.414. The average Bonchev–Trinajstić information content (AvgIpc) is 2.67. The third kappa shape index (κ3) is 3.81. The Balaban J connectivity index is 2.01. The molecule has 0 aliphatic heterocycles. The molecule has 3 rings (SSSR count). The molecule has 2 aromatic carbocycles. The van der Waals surface area contributed by atoms with Gasteiger partial charge in [-0.1, -0.05) is 30.3 Å².